The Hall–Kier alpha value is -3.42. The fourth-order valence-electron chi connectivity index (χ4n) is 6.53. The first-order valence-electron chi connectivity index (χ1n) is 16.0. The van der Waals surface area contributed by atoms with Crippen molar-refractivity contribution >= 4 is 5.91 Å². The fourth-order valence-corrected chi connectivity index (χ4v) is 6.53. The molecule has 0 saturated carbocycles. The smallest absolute Gasteiger partial charge is 0.253 e. The predicted molar refractivity (Wildman–Crippen MR) is 172 cm³/mol. The van der Waals surface area contributed by atoms with Crippen molar-refractivity contribution < 1.29 is 14.3 Å². The first kappa shape index (κ1) is 31.0. The van der Waals surface area contributed by atoms with Crippen molar-refractivity contribution in [3.05, 3.63) is 89.7 Å². The number of ether oxygens (including phenoxy) is 2. The van der Waals surface area contributed by atoms with Crippen molar-refractivity contribution in [1.82, 2.24) is 19.7 Å². The van der Waals surface area contributed by atoms with Crippen LogP contribution in [0.25, 0.3) is 0 Å². The number of benzene rings is 2. The number of carbonyl (C=O) groups is 1. The van der Waals surface area contributed by atoms with Crippen LogP contribution in [-0.2, 0) is 13.0 Å². The molecule has 3 aromatic rings. The highest BCUT2D eigenvalue weighted by Gasteiger charge is 2.37. The number of piperidine rings is 1. The lowest BCUT2D eigenvalue weighted by atomic mass is 9.73. The van der Waals surface area contributed by atoms with Gasteiger partial charge in [-0.3, -0.25) is 14.7 Å². The molecular weight excluding hydrogens is 536 g/mol. The second kappa shape index (κ2) is 15.3. The monoisotopic (exact) mass is 584 g/mol. The molecule has 0 N–H and O–H groups in total. The Kier molecular flexibility index (Phi) is 11.1. The topological polar surface area (TPSA) is 58.1 Å². The first-order chi connectivity index (χ1) is 21.0. The van der Waals surface area contributed by atoms with Crippen LogP contribution in [0.1, 0.15) is 60.0 Å². The third kappa shape index (κ3) is 9.04. The zero-order chi connectivity index (χ0) is 29.9. The molecule has 1 fully saturated rings. The maximum Gasteiger partial charge on any atom is 0.253 e. The maximum absolute atomic E-state index is 13.6. The van der Waals surface area contributed by atoms with Crippen molar-refractivity contribution in [1.29, 1.82) is 0 Å². The fraction of sp³-hybridized carbons (Fsp3) is 0.500. The van der Waals surface area contributed by atoms with Crippen LogP contribution >= 0.6 is 0 Å². The van der Waals surface area contributed by atoms with Gasteiger partial charge in [-0.15, -0.1) is 0 Å². The van der Waals surface area contributed by atoms with E-state index in [0.29, 0.717) is 18.8 Å². The van der Waals surface area contributed by atoms with E-state index in [9.17, 15) is 4.79 Å². The molecule has 1 aromatic heterocycles. The molecule has 7 heteroatoms. The molecule has 0 atom stereocenters. The van der Waals surface area contributed by atoms with Gasteiger partial charge in [-0.2, -0.15) is 0 Å². The molecule has 0 radical (unpaired) electrons. The minimum Gasteiger partial charge on any atom is -0.494 e. The van der Waals surface area contributed by atoms with Crippen LogP contribution in [0.4, 0.5) is 0 Å². The summed E-state index contributed by atoms with van der Waals surface area (Å²) in [5.74, 6) is 1.90. The lowest BCUT2D eigenvalue weighted by molar-refractivity contribution is 0.0360. The molecule has 5 rings (SSSR count). The summed E-state index contributed by atoms with van der Waals surface area (Å²) in [5.41, 5.74) is 3.42. The van der Waals surface area contributed by atoms with E-state index in [1.807, 2.05) is 42.7 Å². The Bertz CT molecular complexity index is 1290. The van der Waals surface area contributed by atoms with E-state index in [-0.39, 0.29) is 11.3 Å². The summed E-state index contributed by atoms with van der Waals surface area (Å²) in [6.45, 7) is 6.57. The zero-order valence-electron chi connectivity index (χ0n) is 26.0. The second-order valence-electron chi connectivity index (χ2n) is 12.6. The molecule has 2 aromatic carbocycles. The van der Waals surface area contributed by atoms with Crippen LogP contribution in [0.5, 0.6) is 11.5 Å². The standard InChI is InChI=1S/C36H48N4O3/c1-38(2)20-9-24-42-33-14-7-13-32(26-33)35(41)40-21-17-36(18-22-40)16-6-5-12-31-11-3-4-15-34(31)43-25-23-39(29-36)28-30-10-8-19-37-27-30/h3-4,7-8,10-11,13-15,19,26-27H,5-6,9,12,16-18,20-25,28-29H2,1-2H3. The van der Waals surface area contributed by atoms with E-state index >= 15 is 0 Å². The number of rotatable bonds is 8. The molecule has 230 valence electrons. The third-order valence-corrected chi connectivity index (χ3v) is 8.94. The average Bonchev–Trinajstić information content (AvgIpc) is 3.02. The van der Waals surface area contributed by atoms with Gasteiger partial charge < -0.3 is 19.3 Å². The number of pyridine rings is 1. The lowest BCUT2D eigenvalue weighted by Gasteiger charge is -2.45. The number of para-hydroxylation sites is 1. The number of aryl methyl sites for hydroxylation is 1. The number of nitrogens with zero attached hydrogens (tertiary/aromatic N) is 4. The highest BCUT2D eigenvalue weighted by Crippen LogP contribution is 2.39. The van der Waals surface area contributed by atoms with E-state index in [0.717, 1.165) is 82.9 Å². The van der Waals surface area contributed by atoms with Crippen LogP contribution in [0.2, 0.25) is 0 Å². The van der Waals surface area contributed by atoms with Gasteiger partial charge in [0, 0.05) is 57.2 Å². The number of hydrogen-bond donors (Lipinski definition) is 0. The van der Waals surface area contributed by atoms with E-state index in [1.165, 1.54) is 24.0 Å². The molecule has 3 heterocycles. The van der Waals surface area contributed by atoms with Crippen molar-refractivity contribution in [2.24, 2.45) is 5.41 Å². The van der Waals surface area contributed by atoms with Crippen molar-refractivity contribution in [2.75, 3.05) is 60.0 Å². The summed E-state index contributed by atoms with van der Waals surface area (Å²) in [6, 6.07) is 20.4. The summed E-state index contributed by atoms with van der Waals surface area (Å²) in [6.07, 6.45) is 11.3. The quantitative estimate of drug-likeness (QED) is 0.306. The second-order valence-corrected chi connectivity index (χ2v) is 12.6. The Morgan fingerprint density at radius 2 is 1.86 bits per heavy atom. The van der Waals surface area contributed by atoms with E-state index in [1.54, 1.807) is 0 Å². The largest absolute Gasteiger partial charge is 0.494 e. The van der Waals surface area contributed by atoms with Gasteiger partial charge in [0.25, 0.3) is 5.91 Å². The number of hydrogen-bond acceptors (Lipinski definition) is 6. The molecule has 7 nitrogen and oxygen atoms in total. The van der Waals surface area contributed by atoms with Crippen molar-refractivity contribution in [3.8, 4) is 11.5 Å². The molecule has 1 saturated heterocycles. The molecule has 1 amide bonds. The van der Waals surface area contributed by atoms with Gasteiger partial charge >= 0.3 is 0 Å². The van der Waals surface area contributed by atoms with Crippen molar-refractivity contribution in [2.45, 2.75) is 51.5 Å². The van der Waals surface area contributed by atoms with Gasteiger partial charge in [0.2, 0.25) is 0 Å². The minimum absolute atomic E-state index is 0.110. The number of fused-ring (bicyclic) bond motifs is 1. The van der Waals surface area contributed by atoms with Crippen LogP contribution in [0.15, 0.2) is 73.1 Å². The molecule has 2 aliphatic heterocycles. The Labute approximate surface area is 257 Å². The predicted octanol–water partition coefficient (Wildman–Crippen LogP) is 5.94. The van der Waals surface area contributed by atoms with Crippen LogP contribution in [-0.4, -0.2) is 85.6 Å². The molecule has 1 spiro atoms. The maximum atomic E-state index is 13.6. The van der Waals surface area contributed by atoms with Gasteiger partial charge in [-0.25, -0.2) is 0 Å². The Balaban J connectivity index is 1.25. The van der Waals surface area contributed by atoms with Crippen LogP contribution in [0, 0.1) is 5.41 Å². The summed E-state index contributed by atoms with van der Waals surface area (Å²) < 4.78 is 12.3. The third-order valence-electron chi connectivity index (χ3n) is 8.94. The minimum atomic E-state index is 0.110. The summed E-state index contributed by atoms with van der Waals surface area (Å²) >= 11 is 0. The normalized spacial score (nSPS) is 17.9. The van der Waals surface area contributed by atoms with E-state index in [2.05, 4.69) is 64.1 Å². The number of likely N-dealkylation sites (tertiary alicyclic amines) is 1. The van der Waals surface area contributed by atoms with Crippen LogP contribution in [0.3, 0.4) is 0 Å². The lowest BCUT2D eigenvalue weighted by Crippen LogP contribution is -2.48. The van der Waals surface area contributed by atoms with E-state index < -0.39 is 0 Å². The van der Waals surface area contributed by atoms with Crippen LogP contribution < -0.4 is 9.47 Å². The highest BCUT2D eigenvalue weighted by molar-refractivity contribution is 5.94. The summed E-state index contributed by atoms with van der Waals surface area (Å²) in [7, 11) is 4.13. The van der Waals surface area contributed by atoms with Gasteiger partial charge in [0.05, 0.1) is 6.61 Å². The van der Waals surface area contributed by atoms with Gasteiger partial charge in [-0.1, -0.05) is 36.8 Å². The zero-order valence-corrected chi connectivity index (χ0v) is 26.0. The summed E-state index contributed by atoms with van der Waals surface area (Å²) in [5, 5.41) is 0. The first-order valence-corrected chi connectivity index (χ1v) is 16.0. The average molecular weight is 585 g/mol. The van der Waals surface area contributed by atoms with Gasteiger partial charge in [0.1, 0.15) is 18.1 Å². The highest BCUT2D eigenvalue weighted by atomic mass is 16.5. The molecule has 0 unspecified atom stereocenters. The molecule has 43 heavy (non-hydrogen) atoms. The van der Waals surface area contributed by atoms with Gasteiger partial charge in [-0.05, 0) is 99.5 Å². The Morgan fingerprint density at radius 3 is 2.67 bits per heavy atom. The molecule has 0 bridgehead atoms. The van der Waals surface area contributed by atoms with Gasteiger partial charge in [0.15, 0.2) is 0 Å². The molecule has 0 aliphatic carbocycles. The number of amides is 1. The summed E-state index contributed by atoms with van der Waals surface area (Å²) in [4.78, 5) is 24.7. The SMILES string of the molecule is CN(C)CCCOc1cccc(C(=O)N2CCC3(CCCCc4ccccc4OCCN(Cc4cccnc4)C3)CC2)c1. The van der Waals surface area contributed by atoms with E-state index in [4.69, 9.17) is 9.47 Å². The molecule has 2 aliphatic rings. The number of aromatic nitrogens is 1. The Morgan fingerprint density at radius 1 is 1.00 bits per heavy atom. The molecular formula is C36H48N4O3. The number of carbonyl (C=O) groups excluding carboxylic acids is 1. The van der Waals surface area contributed by atoms with Crippen molar-refractivity contribution in [3.63, 3.8) is 0 Å².